The predicted molar refractivity (Wildman–Crippen MR) is 96.2 cm³/mol. The smallest absolute Gasteiger partial charge is 0.124 e. The quantitative estimate of drug-likeness (QED) is 0.742. The second-order valence-electron chi connectivity index (χ2n) is 5.99. The van der Waals surface area contributed by atoms with E-state index in [1.54, 1.807) is 0 Å². The van der Waals surface area contributed by atoms with E-state index >= 15 is 0 Å². The lowest BCUT2D eigenvalue weighted by atomic mass is 10.1. The van der Waals surface area contributed by atoms with E-state index in [4.69, 9.17) is 4.74 Å². The van der Waals surface area contributed by atoms with Gasteiger partial charge >= 0.3 is 0 Å². The Balaban J connectivity index is 2.05. The van der Waals surface area contributed by atoms with Crippen LogP contribution < -0.4 is 10.1 Å². The Morgan fingerprint density at radius 2 is 1.86 bits per heavy atom. The highest BCUT2D eigenvalue weighted by molar-refractivity contribution is 9.10. The summed E-state index contributed by atoms with van der Waals surface area (Å²) in [6.07, 6.45) is 0. The molecule has 0 spiro atoms. The number of rotatable bonds is 7. The van der Waals surface area contributed by atoms with Crippen molar-refractivity contribution in [1.29, 1.82) is 0 Å². The first-order valence-electron chi connectivity index (χ1n) is 7.72. The van der Waals surface area contributed by atoms with Gasteiger partial charge in [-0.15, -0.1) is 0 Å². The lowest BCUT2D eigenvalue weighted by molar-refractivity contribution is 0.301. The minimum atomic E-state index is 0.603. The largest absolute Gasteiger partial charge is 0.489 e. The van der Waals surface area contributed by atoms with Crippen LogP contribution >= 0.6 is 15.9 Å². The van der Waals surface area contributed by atoms with Crippen LogP contribution in [-0.2, 0) is 13.2 Å². The first kappa shape index (κ1) is 17.0. The third-order valence-corrected chi connectivity index (χ3v) is 4.03. The fourth-order valence-electron chi connectivity index (χ4n) is 2.25. The summed E-state index contributed by atoms with van der Waals surface area (Å²) in [6.45, 7) is 8.97. The fourth-order valence-corrected chi connectivity index (χ4v) is 2.66. The van der Waals surface area contributed by atoms with Crippen LogP contribution in [0.25, 0.3) is 0 Å². The van der Waals surface area contributed by atoms with Gasteiger partial charge in [-0.2, -0.15) is 0 Å². The molecule has 2 nitrogen and oxygen atoms in total. The molecule has 118 valence electrons. The molecule has 0 saturated heterocycles. The molecule has 0 heterocycles. The minimum Gasteiger partial charge on any atom is -0.489 e. The average Bonchev–Trinajstić information content (AvgIpc) is 2.47. The van der Waals surface area contributed by atoms with E-state index in [2.05, 4.69) is 72.3 Å². The van der Waals surface area contributed by atoms with E-state index in [-0.39, 0.29) is 0 Å². The zero-order valence-corrected chi connectivity index (χ0v) is 15.1. The van der Waals surface area contributed by atoms with Crippen molar-refractivity contribution in [3.05, 3.63) is 63.6 Å². The van der Waals surface area contributed by atoms with Crippen molar-refractivity contribution in [3.8, 4) is 5.75 Å². The first-order chi connectivity index (χ1) is 10.6. The maximum absolute atomic E-state index is 6.06. The van der Waals surface area contributed by atoms with Gasteiger partial charge in [-0.3, -0.25) is 0 Å². The number of hydrogen-bond acceptors (Lipinski definition) is 2. The van der Waals surface area contributed by atoms with E-state index in [9.17, 15) is 0 Å². The Morgan fingerprint density at radius 3 is 2.59 bits per heavy atom. The van der Waals surface area contributed by atoms with Crippen LogP contribution in [0.2, 0.25) is 0 Å². The molecule has 0 radical (unpaired) electrons. The standard InChI is InChI=1S/C19H24BrNO/c1-14(2)11-21-12-17-10-18(20)8-9-19(17)22-13-16-7-5-4-6-15(16)3/h4-10,14,21H,11-13H2,1-3H3. The van der Waals surface area contributed by atoms with E-state index in [0.717, 1.165) is 23.3 Å². The van der Waals surface area contributed by atoms with Gasteiger partial charge in [0.2, 0.25) is 0 Å². The van der Waals surface area contributed by atoms with Crippen LogP contribution in [0.15, 0.2) is 46.9 Å². The topological polar surface area (TPSA) is 21.3 Å². The Kier molecular flexibility index (Phi) is 6.47. The van der Waals surface area contributed by atoms with Crippen LogP contribution in [0.3, 0.4) is 0 Å². The van der Waals surface area contributed by atoms with Crippen LogP contribution in [0.4, 0.5) is 0 Å². The van der Waals surface area contributed by atoms with Gasteiger partial charge in [0.05, 0.1) is 0 Å². The number of hydrogen-bond donors (Lipinski definition) is 1. The maximum atomic E-state index is 6.06. The normalized spacial score (nSPS) is 11.0. The SMILES string of the molecule is Cc1ccccc1COc1ccc(Br)cc1CNCC(C)C. The highest BCUT2D eigenvalue weighted by Crippen LogP contribution is 2.24. The van der Waals surface area contributed by atoms with Gasteiger partial charge in [-0.25, -0.2) is 0 Å². The summed E-state index contributed by atoms with van der Waals surface area (Å²) in [5, 5.41) is 3.48. The molecule has 2 aromatic carbocycles. The number of benzene rings is 2. The van der Waals surface area contributed by atoms with Gasteiger partial charge < -0.3 is 10.1 Å². The van der Waals surface area contributed by atoms with E-state index in [1.165, 1.54) is 16.7 Å². The van der Waals surface area contributed by atoms with Gasteiger partial charge in [0.25, 0.3) is 0 Å². The van der Waals surface area contributed by atoms with Crippen LogP contribution in [0.5, 0.6) is 5.75 Å². The van der Waals surface area contributed by atoms with Crippen LogP contribution in [0.1, 0.15) is 30.5 Å². The summed E-state index contributed by atoms with van der Waals surface area (Å²) in [5.41, 5.74) is 3.68. The van der Waals surface area contributed by atoms with E-state index in [1.807, 2.05) is 12.1 Å². The molecule has 2 aromatic rings. The monoisotopic (exact) mass is 361 g/mol. The van der Waals surface area contributed by atoms with E-state index in [0.29, 0.717) is 12.5 Å². The summed E-state index contributed by atoms with van der Waals surface area (Å²) in [5.74, 6) is 1.59. The third-order valence-electron chi connectivity index (χ3n) is 3.54. The lowest BCUT2D eigenvalue weighted by Gasteiger charge is -2.14. The van der Waals surface area contributed by atoms with Crippen LogP contribution in [-0.4, -0.2) is 6.54 Å². The molecule has 0 bridgehead atoms. The zero-order valence-electron chi connectivity index (χ0n) is 13.5. The van der Waals surface area contributed by atoms with Gasteiger partial charge in [0, 0.05) is 16.6 Å². The second-order valence-corrected chi connectivity index (χ2v) is 6.91. The molecule has 22 heavy (non-hydrogen) atoms. The molecule has 0 unspecified atom stereocenters. The van der Waals surface area contributed by atoms with Crippen molar-refractivity contribution < 1.29 is 4.74 Å². The average molecular weight is 362 g/mol. The molecular formula is C19H24BrNO. The molecule has 0 aliphatic carbocycles. The van der Waals surface area contributed by atoms with Crippen molar-refractivity contribution in [3.63, 3.8) is 0 Å². The first-order valence-corrected chi connectivity index (χ1v) is 8.52. The van der Waals surface area contributed by atoms with E-state index < -0.39 is 0 Å². The molecule has 0 aliphatic heterocycles. The summed E-state index contributed by atoms with van der Waals surface area (Å²) in [4.78, 5) is 0. The fraction of sp³-hybridized carbons (Fsp3) is 0.368. The Labute approximate surface area is 142 Å². The summed E-state index contributed by atoms with van der Waals surface area (Å²) < 4.78 is 7.14. The third kappa shape index (κ3) is 5.15. The van der Waals surface area contributed by atoms with Crippen molar-refractivity contribution in [2.75, 3.05) is 6.54 Å². The van der Waals surface area contributed by atoms with Crippen molar-refractivity contribution in [1.82, 2.24) is 5.32 Å². The summed E-state index contributed by atoms with van der Waals surface area (Å²) >= 11 is 3.54. The van der Waals surface area contributed by atoms with Gasteiger partial charge in [0.1, 0.15) is 12.4 Å². The molecule has 0 fully saturated rings. The Bertz CT molecular complexity index is 610. The number of ether oxygens (including phenoxy) is 1. The van der Waals surface area contributed by atoms with Crippen LogP contribution in [0, 0.1) is 12.8 Å². The molecule has 0 saturated carbocycles. The van der Waals surface area contributed by atoms with Crippen molar-refractivity contribution in [2.45, 2.75) is 33.9 Å². The molecule has 0 aliphatic rings. The highest BCUT2D eigenvalue weighted by Gasteiger charge is 2.06. The minimum absolute atomic E-state index is 0.603. The lowest BCUT2D eigenvalue weighted by Crippen LogP contribution is -2.19. The maximum Gasteiger partial charge on any atom is 0.124 e. The molecule has 0 aromatic heterocycles. The molecular weight excluding hydrogens is 338 g/mol. The molecule has 1 N–H and O–H groups in total. The highest BCUT2D eigenvalue weighted by atomic mass is 79.9. The number of aryl methyl sites for hydroxylation is 1. The number of nitrogens with one attached hydrogen (secondary N) is 1. The molecule has 3 heteroatoms. The summed E-state index contributed by atoms with van der Waals surface area (Å²) in [7, 11) is 0. The van der Waals surface area contributed by atoms with Gasteiger partial charge in [-0.05, 0) is 48.7 Å². The second kappa shape index (κ2) is 8.35. The predicted octanol–water partition coefficient (Wildman–Crippen LogP) is 5.08. The van der Waals surface area contributed by atoms with Gasteiger partial charge in [0.15, 0.2) is 0 Å². The summed E-state index contributed by atoms with van der Waals surface area (Å²) in [6, 6.07) is 14.5. The zero-order chi connectivity index (χ0) is 15.9. The molecule has 0 amide bonds. The van der Waals surface area contributed by atoms with Crippen molar-refractivity contribution in [2.24, 2.45) is 5.92 Å². The molecule has 0 atom stereocenters. The Morgan fingerprint density at radius 1 is 1.09 bits per heavy atom. The van der Waals surface area contributed by atoms with Crippen molar-refractivity contribution >= 4 is 15.9 Å². The van der Waals surface area contributed by atoms with Gasteiger partial charge in [-0.1, -0.05) is 54.0 Å². The number of halogens is 1. The molecule has 2 rings (SSSR count). The Hall–Kier alpha value is -1.32.